The standard InChI is InChI=1S/C28H31FN2O6S/c1-4-6-17-37-28(33)20-7-12-24(13-8-20)30-27(32)21-9-16-26(36-5-2)22(18-21)19-31(38(3,34)35)25-14-10-23(29)11-15-25/h7-16,18H,4-6,17,19H2,1-3H3,(H,30,32). The monoisotopic (exact) mass is 542 g/mol. The third-order valence-electron chi connectivity index (χ3n) is 5.56. The fourth-order valence-electron chi connectivity index (χ4n) is 3.59. The molecule has 3 rings (SSSR count). The number of rotatable bonds is 12. The lowest BCUT2D eigenvalue weighted by Gasteiger charge is -2.24. The average molecular weight is 543 g/mol. The topological polar surface area (TPSA) is 102 Å². The summed E-state index contributed by atoms with van der Waals surface area (Å²) in [6.45, 7) is 4.36. The molecule has 0 radical (unpaired) electrons. The Morgan fingerprint density at radius 1 is 0.947 bits per heavy atom. The van der Waals surface area contributed by atoms with E-state index in [4.69, 9.17) is 9.47 Å². The number of sulfonamides is 1. The van der Waals surface area contributed by atoms with E-state index in [2.05, 4.69) is 5.32 Å². The molecule has 0 heterocycles. The summed E-state index contributed by atoms with van der Waals surface area (Å²) >= 11 is 0. The van der Waals surface area contributed by atoms with Gasteiger partial charge >= 0.3 is 5.97 Å². The van der Waals surface area contributed by atoms with E-state index in [1.54, 1.807) is 49.4 Å². The quantitative estimate of drug-likeness (QED) is 0.243. The molecule has 0 atom stereocenters. The number of nitrogens with zero attached hydrogens (tertiary/aromatic N) is 1. The third kappa shape index (κ3) is 7.79. The number of carbonyl (C=O) groups is 2. The first-order chi connectivity index (χ1) is 18.1. The molecule has 1 N–H and O–H groups in total. The van der Waals surface area contributed by atoms with Crippen molar-refractivity contribution < 1.29 is 31.9 Å². The highest BCUT2D eigenvalue weighted by atomic mass is 32.2. The predicted molar refractivity (Wildman–Crippen MR) is 145 cm³/mol. The molecule has 0 fully saturated rings. The Morgan fingerprint density at radius 3 is 2.21 bits per heavy atom. The van der Waals surface area contributed by atoms with Gasteiger partial charge in [-0.15, -0.1) is 0 Å². The Morgan fingerprint density at radius 2 is 1.61 bits per heavy atom. The van der Waals surface area contributed by atoms with Gasteiger partial charge in [-0.3, -0.25) is 9.10 Å². The van der Waals surface area contributed by atoms with Crippen molar-refractivity contribution in [1.82, 2.24) is 0 Å². The molecule has 0 aliphatic heterocycles. The van der Waals surface area contributed by atoms with Crippen LogP contribution in [0, 0.1) is 5.82 Å². The fraction of sp³-hybridized carbons (Fsp3) is 0.286. The van der Waals surface area contributed by atoms with Crippen LogP contribution < -0.4 is 14.4 Å². The van der Waals surface area contributed by atoms with E-state index in [-0.39, 0.29) is 17.8 Å². The van der Waals surface area contributed by atoms with Gasteiger partial charge in [0.25, 0.3) is 5.91 Å². The number of esters is 1. The summed E-state index contributed by atoms with van der Waals surface area (Å²) in [5.41, 5.74) is 1.86. The first-order valence-corrected chi connectivity index (χ1v) is 14.0. The minimum atomic E-state index is -3.74. The van der Waals surface area contributed by atoms with Gasteiger partial charge in [0.05, 0.1) is 37.3 Å². The Balaban J connectivity index is 1.81. The van der Waals surface area contributed by atoms with Crippen molar-refractivity contribution in [3.05, 3.63) is 89.2 Å². The molecule has 10 heteroatoms. The molecule has 0 spiro atoms. The van der Waals surface area contributed by atoms with E-state index in [1.165, 1.54) is 24.3 Å². The van der Waals surface area contributed by atoms with E-state index in [1.807, 2.05) is 6.92 Å². The van der Waals surface area contributed by atoms with Crippen LogP contribution in [-0.4, -0.2) is 39.8 Å². The van der Waals surface area contributed by atoms with E-state index >= 15 is 0 Å². The van der Waals surface area contributed by atoms with Gasteiger partial charge in [-0.05, 0) is 80.1 Å². The van der Waals surface area contributed by atoms with Crippen molar-refractivity contribution in [1.29, 1.82) is 0 Å². The van der Waals surface area contributed by atoms with Gasteiger partial charge in [0.1, 0.15) is 11.6 Å². The highest BCUT2D eigenvalue weighted by Gasteiger charge is 2.21. The van der Waals surface area contributed by atoms with Gasteiger partial charge in [-0.25, -0.2) is 17.6 Å². The molecule has 0 saturated carbocycles. The molecule has 3 aromatic rings. The molecule has 0 aliphatic rings. The predicted octanol–water partition coefficient (Wildman–Crippen LogP) is 5.40. The molecule has 0 bridgehead atoms. The van der Waals surface area contributed by atoms with Crippen LogP contribution in [0.3, 0.4) is 0 Å². The summed E-state index contributed by atoms with van der Waals surface area (Å²) in [7, 11) is -3.74. The van der Waals surface area contributed by atoms with Gasteiger partial charge in [0.2, 0.25) is 10.0 Å². The first-order valence-electron chi connectivity index (χ1n) is 12.2. The van der Waals surface area contributed by atoms with Crippen molar-refractivity contribution >= 4 is 33.3 Å². The number of hydrogen-bond acceptors (Lipinski definition) is 6. The van der Waals surface area contributed by atoms with Crippen molar-refractivity contribution in [3.8, 4) is 5.75 Å². The van der Waals surface area contributed by atoms with E-state index < -0.39 is 27.7 Å². The van der Waals surface area contributed by atoms with Crippen molar-refractivity contribution in [2.24, 2.45) is 0 Å². The Kier molecular flexibility index (Phi) is 9.84. The summed E-state index contributed by atoms with van der Waals surface area (Å²) in [5.74, 6) is -0.924. The lowest BCUT2D eigenvalue weighted by atomic mass is 10.1. The Hall–Kier alpha value is -3.92. The minimum Gasteiger partial charge on any atom is -0.494 e. The van der Waals surface area contributed by atoms with E-state index in [0.717, 1.165) is 23.4 Å². The summed E-state index contributed by atoms with van der Waals surface area (Å²) in [6, 6.07) is 16.2. The zero-order valence-corrected chi connectivity index (χ0v) is 22.4. The smallest absolute Gasteiger partial charge is 0.338 e. The molecule has 38 heavy (non-hydrogen) atoms. The van der Waals surface area contributed by atoms with Crippen molar-refractivity contribution in [3.63, 3.8) is 0 Å². The van der Waals surface area contributed by atoms with Crippen LogP contribution in [0.2, 0.25) is 0 Å². The highest BCUT2D eigenvalue weighted by Crippen LogP contribution is 2.27. The molecule has 0 unspecified atom stereocenters. The maximum Gasteiger partial charge on any atom is 0.338 e. The van der Waals surface area contributed by atoms with Crippen LogP contribution in [0.1, 0.15) is 53.0 Å². The minimum absolute atomic E-state index is 0.129. The summed E-state index contributed by atoms with van der Waals surface area (Å²) in [6.07, 6.45) is 2.76. The maximum atomic E-state index is 13.4. The number of hydrogen-bond donors (Lipinski definition) is 1. The van der Waals surface area contributed by atoms with Gasteiger partial charge in [-0.1, -0.05) is 13.3 Å². The first kappa shape index (κ1) is 28.6. The number of ether oxygens (including phenoxy) is 2. The zero-order valence-electron chi connectivity index (χ0n) is 21.6. The fourth-order valence-corrected chi connectivity index (χ4v) is 4.47. The number of carbonyl (C=O) groups excluding carboxylic acids is 2. The Labute approximate surface area is 222 Å². The molecule has 3 aromatic carbocycles. The number of amides is 1. The van der Waals surface area contributed by atoms with Crippen LogP contribution in [0.25, 0.3) is 0 Å². The van der Waals surface area contributed by atoms with Gasteiger partial charge in [0.15, 0.2) is 0 Å². The SMILES string of the molecule is CCCCOC(=O)c1ccc(NC(=O)c2ccc(OCC)c(CN(c3ccc(F)cc3)S(C)(=O)=O)c2)cc1. The van der Waals surface area contributed by atoms with Gasteiger partial charge < -0.3 is 14.8 Å². The van der Waals surface area contributed by atoms with E-state index in [0.29, 0.717) is 35.8 Å². The van der Waals surface area contributed by atoms with Crippen molar-refractivity contribution in [2.45, 2.75) is 33.2 Å². The second-order valence-corrected chi connectivity index (χ2v) is 10.4. The summed E-state index contributed by atoms with van der Waals surface area (Å²) < 4.78 is 50.6. The second kappa shape index (κ2) is 13.0. The van der Waals surface area contributed by atoms with Crippen LogP contribution in [-0.2, 0) is 21.3 Å². The lowest BCUT2D eigenvalue weighted by Crippen LogP contribution is -2.29. The number of halogens is 1. The number of unbranched alkanes of at least 4 members (excludes halogenated alkanes) is 1. The van der Waals surface area contributed by atoms with Crippen LogP contribution in [0.15, 0.2) is 66.7 Å². The Bertz CT molecular complexity index is 1360. The molecular formula is C28H31FN2O6S. The van der Waals surface area contributed by atoms with Gasteiger partial charge in [-0.2, -0.15) is 0 Å². The molecule has 0 aliphatic carbocycles. The summed E-state index contributed by atoms with van der Waals surface area (Å²) in [4.78, 5) is 25.1. The van der Waals surface area contributed by atoms with Gasteiger partial charge in [0, 0.05) is 16.8 Å². The van der Waals surface area contributed by atoms with E-state index in [9.17, 15) is 22.4 Å². The zero-order chi connectivity index (χ0) is 27.7. The third-order valence-corrected chi connectivity index (χ3v) is 6.70. The summed E-state index contributed by atoms with van der Waals surface area (Å²) in [5, 5.41) is 2.77. The highest BCUT2D eigenvalue weighted by molar-refractivity contribution is 7.92. The van der Waals surface area contributed by atoms with Crippen LogP contribution in [0.5, 0.6) is 5.75 Å². The molecule has 8 nitrogen and oxygen atoms in total. The molecular weight excluding hydrogens is 511 g/mol. The molecule has 0 aromatic heterocycles. The molecule has 1 amide bonds. The lowest BCUT2D eigenvalue weighted by molar-refractivity contribution is 0.0499. The number of anilines is 2. The largest absolute Gasteiger partial charge is 0.494 e. The maximum absolute atomic E-state index is 13.4. The van der Waals surface area contributed by atoms with Crippen molar-refractivity contribution in [2.75, 3.05) is 29.1 Å². The normalized spacial score (nSPS) is 11.1. The average Bonchev–Trinajstić information content (AvgIpc) is 2.88. The second-order valence-electron chi connectivity index (χ2n) is 8.52. The number of nitrogens with one attached hydrogen (secondary N) is 1. The number of benzene rings is 3. The van der Waals surface area contributed by atoms with Crippen LogP contribution in [0.4, 0.5) is 15.8 Å². The van der Waals surface area contributed by atoms with Crippen LogP contribution >= 0.6 is 0 Å². The molecule has 0 saturated heterocycles. The molecule has 202 valence electrons.